The third-order valence-corrected chi connectivity index (χ3v) is 3.95. The summed E-state index contributed by atoms with van der Waals surface area (Å²) in [5.41, 5.74) is -0.717. The molecule has 0 radical (unpaired) electrons. The van der Waals surface area contributed by atoms with Gasteiger partial charge in [0.2, 0.25) is 11.8 Å². The summed E-state index contributed by atoms with van der Waals surface area (Å²) in [5.74, 6) is 0.775. The zero-order chi connectivity index (χ0) is 14.5. The molecular formula is C15H28N2O2. The van der Waals surface area contributed by atoms with Gasteiger partial charge in [-0.3, -0.25) is 9.59 Å². The maximum atomic E-state index is 12.5. The van der Waals surface area contributed by atoms with Crippen LogP contribution in [0.4, 0.5) is 0 Å². The fourth-order valence-electron chi connectivity index (χ4n) is 2.42. The Bertz CT molecular complexity index is 328. The van der Waals surface area contributed by atoms with Crippen molar-refractivity contribution in [2.75, 3.05) is 13.1 Å². The largest absolute Gasteiger partial charge is 0.342 e. The molecule has 110 valence electrons. The van der Waals surface area contributed by atoms with Crippen molar-refractivity contribution < 1.29 is 9.59 Å². The zero-order valence-corrected chi connectivity index (χ0v) is 12.8. The fraction of sp³-hybridized carbons (Fsp3) is 0.867. The van der Waals surface area contributed by atoms with E-state index in [1.807, 2.05) is 18.7 Å². The third-order valence-electron chi connectivity index (χ3n) is 3.95. The van der Waals surface area contributed by atoms with Gasteiger partial charge in [0.15, 0.2) is 0 Å². The van der Waals surface area contributed by atoms with E-state index in [0.717, 1.165) is 19.4 Å². The molecule has 4 nitrogen and oxygen atoms in total. The first-order valence-corrected chi connectivity index (χ1v) is 7.49. The lowest BCUT2D eigenvalue weighted by molar-refractivity contribution is -0.138. The van der Waals surface area contributed by atoms with Gasteiger partial charge >= 0.3 is 0 Å². The minimum absolute atomic E-state index is 0.0117. The van der Waals surface area contributed by atoms with Crippen LogP contribution < -0.4 is 5.32 Å². The third kappa shape index (κ3) is 4.51. The normalized spacial score (nSPS) is 24.6. The summed E-state index contributed by atoms with van der Waals surface area (Å²) in [6.07, 6.45) is 4.43. The Morgan fingerprint density at radius 1 is 1.32 bits per heavy atom. The van der Waals surface area contributed by atoms with Crippen LogP contribution >= 0.6 is 0 Å². The Morgan fingerprint density at radius 2 is 2.00 bits per heavy atom. The van der Waals surface area contributed by atoms with E-state index >= 15 is 0 Å². The molecule has 0 aromatic rings. The van der Waals surface area contributed by atoms with Crippen LogP contribution in [0.5, 0.6) is 0 Å². The number of hydrogen-bond acceptors (Lipinski definition) is 2. The van der Waals surface area contributed by atoms with Crippen molar-refractivity contribution in [1.29, 1.82) is 0 Å². The molecule has 1 aliphatic heterocycles. The van der Waals surface area contributed by atoms with Gasteiger partial charge in [0.05, 0.1) is 0 Å². The van der Waals surface area contributed by atoms with Gasteiger partial charge in [-0.05, 0) is 25.7 Å². The first-order valence-electron chi connectivity index (χ1n) is 7.49. The van der Waals surface area contributed by atoms with Crippen LogP contribution in [0.15, 0.2) is 0 Å². The molecule has 0 aromatic heterocycles. The van der Waals surface area contributed by atoms with Crippen molar-refractivity contribution in [3.8, 4) is 0 Å². The number of carbonyl (C=O) groups is 2. The van der Waals surface area contributed by atoms with E-state index in [1.54, 1.807) is 0 Å². The lowest BCUT2D eigenvalue weighted by Crippen LogP contribution is -2.54. The highest BCUT2D eigenvalue weighted by molar-refractivity contribution is 5.93. The highest BCUT2D eigenvalue weighted by Crippen LogP contribution is 2.18. The van der Waals surface area contributed by atoms with Gasteiger partial charge in [-0.2, -0.15) is 0 Å². The second-order valence-electron chi connectivity index (χ2n) is 6.17. The highest BCUT2D eigenvalue weighted by atomic mass is 16.2. The van der Waals surface area contributed by atoms with E-state index in [0.29, 0.717) is 25.3 Å². The summed E-state index contributed by atoms with van der Waals surface area (Å²) in [4.78, 5) is 26.0. The quantitative estimate of drug-likeness (QED) is 0.752. The Balaban J connectivity index is 2.56. The maximum absolute atomic E-state index is 12.5. The van der Waals surface area contributed by atoms with Crippen LogP contribution in [-0.2, 0) is 9.59 Å². The summed E-state index contributed by atoms with van der Waals surface area (Å²) in [6.45, 7) is 9.54. The number of unbranched alkanes of at least 4 members (excludes halogenated alkanes) is 1. The van der Waals surface area contributed by atoms with Crippen molar-refractivity contribution in [2.45, 2.75) is 65.3 Å². The number of carbonyl (C=O) groups excluding carboxylic acids is 2. The molecule has 4 heteroatoms. The molecule has 0 bridgehead atoms. The number of nitrogens with zero attached hydrogens (tertiary/aromatic N) is 1. The molecule has 1 atom stereocenters. The van der Waals surface area contributed by atoms with Gasteiger partial charge in [0, 0.05) is 19.5 Å². The van der Waals surface area contributed by atoms with E-state index in [-0.39, 0.29) is 11.8 Å². The van der Waals surface area contributed by atoms with Gasteiger partial charge in [-0.15, -0.1) is 0 Å². The van der Waals surface area contributed by atoms with Crippen molar-refractivity contribution in [2.24, 2.45) is 5.92 Å². The predicted octanol–water partition coefficient (Wildman–Crippen LogP) is 2.33. The highest BCUT2D eigenvalue weighted by Gasteiger charge is 2.38. The first-order chi connectivity index (χ1) is 8.89. The number of amides is 2. The standard InChI is InChI=1S/C15H28N2O2/c1-5-15(4)14(19)17(11-9-13(18)16-15)10-7-6-8-12(2)3/h12H,5-11H2,1-4H3,(H,16,18). The maximum Gasteiger partial charge on any atom is 0.248 e. The topological polar surface area (TPSA) is 49.4 Å². The zero-order valence-electron chi connectivity index (χ0n) is 12.8. The van der Waals surface area contributed by atoms with Crippen molar-refractivity contribution >= 4 is 11.8 Å². The van der Waals surface area contributed by atoms with Crippen molar-refractivity contribution in [3.63, 3.8) is 0 Å². The Hall–Kier alpha value is -1.06. The van der Waals surface area contributed by atoms with E-state index in [9.17, 15) is 9.59 Å². The number of nitrogens with one attached hydrogen (secondary N) is 1. The molecule has 1 saturated heterocycles. The fourth-order valence-corrected chi connectivity index (χ4v) is 2.42. The number of rotatable bonds is 6. The van der Waals surface area contributed by atoms with Crippen LogP contribution in [0, 0.1) is 5.92 Å². The summed E-state index contributed by atoms with van der Waals surface area (Å²) in [6, 6.07) is 0. The van der Waals surface area contributed by atoms with E-state index in [1.165, 1.54) is 6.42 Å². The van der Waals surface area contributed by atoms with Crippen LogP contribution in [-0.4, -0.2) is 35.3 Å². The van der Waals surface area contributed by atoms with Gasteiger partial charge in [-0.25, -0.2) is 0 Å². The molecule has 0 saturated carbocycles. The van der Waals surface area contributed by atoms with Gasteiger partial charge in [0.25, 0.3) is 0 Å². The summed E-state index contributed by atoms with van der Waals surface area (Å²) < 4.78 is 0. The van der Waals surface area contributed by atoms with Gasteiger partial charge < -0.3 is 10.2 Å². The Labute approximate surface area is 116 Å². The molecule has 19 heavy (non-hydrogen) atoms. The second kappa shape index (κ2) is 6.92. The van der Waals surface area contributed by atoms with Gasteiger partial charge in [-0.1, -0.05) is 33.6 Å². The van der Waals surface area contributed by atoms with Crippen LogP contribution in [0.2, 0.25) is 0 Å². The minimum Gasteiger partial charge on any atom is -0.342 e. The van der Waals surface area contributed by atoms with E-state index < -0.39 is 5.54 Å². The molecule has 0 aliphatic carbocycles. The van der Waals surface area contributed by atoms with Crippen LogP contribution in [0.3, 0.4) is 0 Å². The molecule has 1 aliphatic rings. The second-order valence-corrected chi connectivity index (χ2v) is 6.17. The average Bonchev–Trinajstić information content (AvgIpc) is 2.45. The SMILES string of the molecule is CCC1(C)NC(=O)CCN(CCCCC(C)C)C1=O. The van der Waals surface area contributed by atoms with Crippen molar-refractivity contribution in [1.82, 2.24) is 10.2 Å². The molecule has 2 amide bonds. The summed E-state index contributed by atoms with van der Waals surface area (Å²) >= 11 is 0. The molecule has 0 aromatic carbocycles. The van der Waals surface area contributed by atoms with Crippen LogP contribution in [0.1, 0.15) is 59.8 Å². The predicted molar refractivity (Wildman–Crippen MR) is 76.7 cm³/mol. The minimum atomic E-state index is -0.717. The van der Waals surface area contributed by atoms with E-state index in [4.69, 9.17) is 0 Å². The lowest BCUT2D eigenvalue weighted by atomic mass is 9.97. The molecule has 1 rings (SSSR count). The molecular weight excluding hydrogens is 240 g/mol. The molecule has 1 unspecified atom stereocenters. The van der Waals surface area contributed by atoms with Crippen molar-refractivity contribution in [3.05, 3.63) is 0 Å². The smallest absolute Gasteiger partial charge is 0.248 e. The molecule has 0 spiro atoms. The monoisotopic (exact) mass is 268 g/mol. The lowest BCUT2D eigenvalue weighted by Gasteiger charge is -2.31. The number of hydrogen-bond donors (Lipinski definition) is 1. The Morgan fingerprint density at radius 3 is 2.58 bits per heavy atom. The first kappa shape index (κ1) is 16.0. The Kier molecular flexibility index (Phi) is 5.83. The van der Waals surface area contributed by atoms with Crippen LogP contribution in [0.25, 0.3) is 0 Å². The molecule has 1 N–H and O–H groups in total. The molecule has 1 heterocycles. The summed E-state index contributed by atoms with van der Waals surface area (Å²) in [7, 11) is 0. The summed E-state index contributed by atoms with van der Waals surface area (Å²) in [5, 5.41) is 2.86. The van der Waals surface area contributed by atoms with E-state index in [2.05, 4.69) is 19.2 Å². The molecule has 1 fully saturated rings. The van der Waals surface area contributed by atoms with Gasteiger partial charge in [0.1, 0.15) is 5.54 Å². The average molecular weight is 268 g/mol.